The summed E-state index contributed by atoms with van der Waals surface area (Å²) in [6, 6.07) is 12.2. The lowest BCUT2D eigenvalue weighted by Gasteiger charge is -2.22. The first kappa shape index (κ1) is 11.0. The molecular formula is C14H17NO. The average molecular weight is 215 g/mol. The molecule has 0 amide bonds. The standard InChI is InChI=1S/C14H17NO/c1-14(2,15)11-8-4-6-10-7-5-9-12(16-3)13(10)11/h4-9H,15H2,1-3H3. The van der Waals surface area contributed by atoms with Crippen molar-refractivity contribution in [1.82, 2.24) is 0 Å². The number of hydrogen-bond donors (Lipinski definition) is 1. The monoisotopic (exact) mass is 215 g/mol. The molecule has 0 saturated carbocycles. The second-order valence-electron chi connectivity index (χ2n) is 4.59. The summed E-state index contributed by atoms with van der Waals surface area (Å²) in [7, 11) is 1.69. The molecule has 2 heteroatoms. The molecule has 0 saturated heterocycles. The number of ether oxygens (including phenoxy) is 1. The fourth-order valence-corrected chi connectivity index (χ4v) is 2.01. The number of nitrogens with two attached hydrogens (primary N) is 1. The minimum atomic E-state index is -0.367. The van der Waals surface area contributed by atoms with E-state index in [-0.39, 0.29) is 5.54 Å². The Kier molecular flexibility index (Phi) is 2.60. The van der Waals surface area contributed by atoms with E-state index in [0.29, 0.717) is 0 Å². The summed E-state index contributed by atoms with van der Waals surface area (Å²) in [5.41, 5.74) is 6.94. The molecule has 0 radical (unpaired) electrons. The second-order valence-corrected chi connectivity index (χ2v) is 4.59. The molecule has 0 aromatic heterocycles. The summed E-state index contributed by atoms with van der Waals surface area (Å²) >= 11 is 0. The molecule has 16 heavy (non-hydrogen) atoms. The number of rotatable bonds is 2. The predicted molar refractivity (Wildman–Crippen MR) is 67.7 cm³/mol. The van der Waals surface area contributed by atoms with Crippen LogP contribution in [-0.2, 0) is 5.54 Å². The summed E-state index contributed by atoms with van der Waals surface area (Å²) in [5.74, 6) is 0.881. The van der Waals surface area contributed by atoms with Gasteiger partial charge in [-0.2, -0.15) is 0 Å². The van der Waals surface area contributed by atoms with Gasteiger partial charge in [0.05, 0.1) is 7.11 Å². The highest BCUT2D eigenvalue weighted by atomic mass is 16.5. The van der Waals surface area contributed by atoms with Crippen molar-refractivity contribution in [3.05, 3.63) is 42.0 Å². The van der Waals surface area contributed by atoms with Gasteiger partial charge in [0.2, 0.25) is 0 Å². The Morgan fingerprint density at radius 2 is 1.69 bits per heavy atom. The highest BCUT2D eigenvalue weighted by molar-refractivity contribution is 5.92. The molecule has 0 fully saturated rings. The molecule has 0 aliphatic rings. The molecule has 0 atom stereocenters. The van der Waals surface area contributed by atoms with Crippen molar-refractivity contribution in [2.24, 2.45) is 5.73 Å². The molecule has 2 nitrogen and oxygen atoms in total. The lowest BCUT2D eigenvalue weighted by atomic mass is 9.90. The van der Waals surface area contributed by atoms with Crippen LogP contribution >= 0.6 is 0 Å². The molecule has 84 valence electrons. The Hall–Kier alpha value is -1.54. The van der Waals surface area contributed by atoms with Gasteiger partial charge in [-0.1, -0.05) is 30.3 Å². The van der Waals surface area contributed by atoms with Crippen LogP contribution in [-0.4, -0.2) is 7.11 Å². The van der Waals surface area contributed by atoms with E-state index in [1.54, 1.807) is 7.11 Å². The van der Waals surface area contributed by atoms with Gasteiger partial charge in [-0.3, -0.25) is 0 Å². The Morgan fingerprint density at radius 3 is 2.25 bits per heavy atom. The summed E-state index contributed by atoms with van der Waals surface area (Å²) in [6.45, 7) is 4.02. The molecule has 0 aliphatic heterocycles. The van der Waals surface area contributed by atoms with Gasteiger partial charge >= 0.3 is 0 Å². The molecular weight excluding hydrogens is 198 g/mol. The van der Waals surface area contributed by atoms with Crippen molar-refractivity contribution in [3.8, 4) is 5.75 Å². The van der Waals surface area contributed by atoms with Crippen molar-refractivity contribution < 1.29 is 4.74 Å². The van der Waals surface area contributed by atoms with Crippen LogP contribution in [0.4, 0.5) is 0 Å². The van der Waals surface area contributed by atoms with Gasteiger partial charge in [-0.15, -0.1) is 0 Å². The van der Waals surface area contributed by atoms with Gasteiger partial charge in [-0.25, -0.2) is 0 Å². The minimum absolute atomic E-state index is 0.367. The third-order valence-corrected chi connectivity index (χ3v) is 2.78. The third-order valence-electron chi connectivity index (χ3n) is 2.78. The minimum Gasteiger partial charge on any atom is -0.496 e. The molecule has 0 bridgehead atoms. The van der Waals surface area contributed by atoms with Gasteiger partial charge in [0.15, 0.2) is 0 Å². The van der Waals surface area contributed by atoms with Crippen LogP contribution in [0.5, 0.6) is 5.75 Å². The summed E-state index contributed by atoms with van der Waals surface area (Å²) in [6.07, 6.45) is 0. The van der Waals surface area contributed by atoms with E-state index < -0.39 is 0 Å². The highest BCUT2D eigenvalue weighted by Gasteiger charge is 2.18. The van der Waals surface area contributed by atoms with Gasteiger partial charge in [0.25, 0.3) is 0 Å². The Bertz CT molecular complexity index is 506. The van der Waals surface area contributed by atoms with Gasteiger partial charge < -0.3 is 10.5 Å². The molecule has 2 aromatic carbocycles. The van der Waals surface area contributed by atoms with Gasteiger partial charge in [0, 0.05) is 10.9 Å². The summed E-state index contributed by atoms with van der Waals surface area (Å²) < 4.78 is 5.41. The topological polar surface area (TPSA) is 35.2 Å². The molecule has 0 aliphatic carbocycles. The number of benzene rings is 2. The van der Waals surface area contributed by atoms with Crippen molar-refractivity contribution in [2.45, 2.75) is 19.4 Å². The van der Waals surface area contributed by atoms with Crippen LogP contribution in [0, 0.1) is 0 Å². The number of hydrogen-bond acceptors (Lipinski definition) is 2. The highest BCUT2D eigenvalue weighted by Crippen LogP contribution is 2.33. The molecule has 2 aromatic rings. The largest absolute Gasteiger partial charge is 0.496 e. The van der Waals surface area contributed by atoms with Crippen molar-refractivity contribution >= 4 is 10.8 Å². The second kappa shape index (κ2) is 3.80. The van der Waals surface area contributed by atoms with E-state index in [1.165, 1.54) is 0 Å². The zero-order chi connectivity index (χ0) is 11.8. The lowest BCUT2D eigenvalue weighted by Crippen LogP contribution is -2.28. The van der Waals surface area contributed by atoms with Crippen LogP contribution in [0.1, 0.15) is 19.4 Å². The first-order valence-electron chi connectivity index (χ1n) is 5.39. The van der Waals surface area contributed by atoms with Crippen LogP contribution < -0.4 is 10.5 Å². The summed E-state index contributed by atoms with van der Waals surface area (Å²) in [4.78, 5) is 0. The Labute approximate surface area is 96.0 Å². The van der Waals surface area contributed by atoms with Crippen LogP contribution in [0.2, 0.25) is 0 Å². The van der Waals surface area contributed by atoms with Crippen LogP contribution in [0.15, 0.2) is 36.4 Å². The molecule has 0 unspecified atom stereocenters. The van der Waals surface area contributed by atoms with E-state index in [4.69, 9.17) is 10.5 Å². The Balaban J connectivity index is 2.84. The smallest absolute Gasteiger partial charge is 0.127 e. The average Bonchev–Trinajstić information content (AvgIpc) is 2.26. The quantitative estimate of drug-likeness (QED) is 0.835. The van der Waals surface area contributed by atoms with Gasteiger partial charge in [-0.05, 0) is 30.9 Å². The molecule has 2 N–H and O–H groups in total. The van der Waals surface area contributed by atoms with Crippen LogP contribution in [0.25, 0.3) is 10.8 Å². The van der Waals surface area contributed by atoms with E-state index in [9.17, 15) is 0 Å². The van der Waals surface area contributed by atoms with Crippen LogP contribution in [0.3, 0.4) is 0 Å². The lowest BCUT2D eigenvalue weighted by molar-refractivity contribution is 0.418. The maximum atomic E-state index is 6.19. The molecule has 0 heterocycles. The number of fused-ring (bicyclic) bond motifs is 1. The third kappa shape index (κ3) is 1.76. The summed E-state index contributed by atoms with van der Waals surface area (Å²) in [5, 5.41) is 2.27. The fraction of sp³-hybridized carbons (Fsp3) is 0.286. The first-order chi connectivity index (χ1) is 7.54. The first-order valence-corrected chi connectivity index (χ1v) is 5.39. The maximum Gasteiger partial charge on any atom is 0.127 e. The normalized spacial score (nSPS) is 11.8. The van der Waals surface area contributed by atoms with E-state index in [2.05, 4.69) is 18.2 Å². The molecule has 0 spiro atoms. The molecule has 2 rings (SSSR count). The van der Waals surface area contributed by atoms with Crippen molar-refractivity contribution in [1.29, 1.82) is 0 Å². The van der Waals surface area contributed by atoms with E-state index in [0.717, 1.165) is 22.1 Å². The van der Waals surface area contributed by atoms with Gasteiger partial charge in [0.1, 0.15) is 5.75 Å². The Morgan fingerprint density at radius 1 is 1.06 bits per heavy atom. The van der Waals surface area contributed by atoms with E-state index in [1.807, 2.05) is 32.0 Å². The van der Waals surface area contributed by atoms with Crippen molar-refractivity contribution in [2.75, 3.05) is 7.11 Å². The SMILES string of the molecule is COc1cccc2cccc(C(C)(C)N)c12. The van der Waals surface area contributed by atoms with Crippen molar-refractivity contribution in [3.63, 3.8) is 0 Å². The zero-order valence-corrected chi connectivity index (χ0v) is 9.95. The van der Waals surface area contributed by atoms with E-state index >= 15 is 0 Å². The fourth-order valence-electron chi connectivity index (χ4n) is 2.01. The predicted octanol–water partition coefficient (Wildman–Crippen LogP) is 3.04. The number of methoxy groups -OCH3 is 1. The maximum absolute atomic E-state index is 6.19. The zero-order valence-electron chi connectivity index (χ0n) is 9.95.